The third-order valence-corrected chi connectivity index (χ3v) is 4.59. The van der Waals surface area contributed by atoms with Gasteiger partial charge in [0.15, 0.2) is 0 Å². The number of carbonyl (C=O) groups excluding carboxylic acids is 1. The van der Waals surface area contributed by atoms with E-state index >= 15 is 0 Å². The number of rotatable bonds is 4. The second kappa shape index (κ2) is 7.62. The lowest BCUT2D eigenvalue weighted by molar-refractivity contribution is -0.113. The number of benzene rings is 2. The number of aryl methyl sites for hydroxylation is 1. The van der Waals surface area contributed by atoms with E-state index in [1.54, 1.807) is 19.1 Å². The maximum Gasteiger partial charge on any atom is 0.251 e. The van der Waals surface area contributed by atoms with Crippen LogP contribution in [0, 0.1) is 19.7 Å². The number of nitrogens with one attached hydrogen (secondary N) is 1. The topological polar surface area (TPSA) is 32.3 Å². The third-order valence-electron chi connectivity index (χ3n) is 4.59. The Labute approximate surface area is 148 Å². The number of carbonyl (C=O) groups is 1. The predicted octanol–water partition coefficient (Wildman–Crippen LogP) is 4.21. The molecule has 0 bridgehead atoms. The highest BCUT2D eigenvalue weighted by molar-refractivity contribution is 6.04. The fourth-order valence-corrected chi connectivity index (χ4v) is 3.08. The van der Waals surface area contributed by atoms with Crippen molar-refractivity contribution in [3.63, 3.8) is 0 Å². The van der Waals surface area contributed by atoms with Crippen LogP contribution in [0.15, 0.2) is 54.1 Å². The highest BCUT2D eigenvalue weighted by atomic mass is 19.1. The first-order valence-corrected chi connectivity index (χ1v) is 8.56. The summed E-state index contributed by atoms with van der Waals surface area (Å²) in [5.74, 6) is -0.441. The lowest BCUT2D eigenvalue weighted by atomic mass is 10.1. The monoisotopic (exact) mass is 338 g/mol. The molecule has 130 valence electrons. The van der Waals surface area contributed by atoms with E-state index in [-0.39, 0.29) is 11.7 Å². The van der Waals surface area contributed by atoms with Gasteiger partial charge in [0.05, 0.1) is 0 Å². The first-order valence-electron chi connectivity index (χ1n) is 8.56. The highest BCUT2D eigenvalue weighted by Gasteiger charge is 2.18. The SMILES string of the molecule is Cc1cccc(CN2CC=C(C(=O)Nc3cccc(F)c3C)CC2)c1. The molecule has 0 fully saturated rings. The lowest BCUT2D eigenvalue weighted by Crippen LogP contribution is -2.31. The quantitative estimate of drug-likeness (QED) is 0.905. The minimum atomic E-state index is -0.306. The third kappa shape index (κ3) is 4.34. The van der Waals surface area contributed by atoms with Gasteiger partial charge in [-0.3, -0.25) is 9.69 Å². The Morgan fingerprint density at radius 1 is 1.20 bits per heavy atom. The standard InChI is InChI=1S/C21H23FN2O/c1-15-5-3-6-17(13-15)14-24-11-9-18(10-12-24)21(25)23-20-8-4-7-19(22)16(20)2/h3-9,13H,10-12,14H2,1-2H3,(H,23,25). The molecule has 1 amide bonds. The molecule has 0 radical (unpaired) electrons. The maximum atomic E-state index is 13.6. The van der Waals surface area contributed by atoms with Gasteiger partial charge in [0.25, 0.3) is 5.91 Å². The molecule has 0 unspecified atom stereocenters. The van der Waals surface area contributed by atoms with Crippen LogP contribution in [0.25, 0.3) is 0 Å². The van der Waals surface area contributed by atoms with E-state index in [0.717, 1.165) is 25.2 Å². The van der Waals surface area contributed by atoms with Crippen molar-refractivity contribution >= 4 is 11.6 Å². The Morgan fingerprint density at radius 3 is 2.72 bits per heavy atom. The molecule has 1 aliphatic rings. The van der Waals surface area contributed by atoms with Crippen molar-refractivity contribution < 1.29 is 9.18 Å². The summed E-state index contributed by atoms with van der Waals surface area (Å²) in [5, 5.41) is 2.83. The summed E-state index contributed by atoms with van der Waals surface area (Å²) in [6.07, 6.45) is 2.68. The van der Waals surface area contributed by atoms with Gasteiger partial charge in [0.2, 0.25) is 0 Å². The number of nitrogens with zero attached hydrogens (tertiary/aromatic N) is 1. The van der Waals surface area contributed by atoms with Gasteiger partial charge >= 0.3 is 0 Å². The zero-order chi connectivity index (χ0) is 17.8. The van der Waals surface area contributed by atoms with E-state index in [1.165, 1.54) is 17.2 Å². The molecule has 0 saturated carbocycles. The van der Waals surface area contributed by atoms with Crippen LogP contribution in [0.1, 0.15) is 23.1 Å². The van der Waals surface area contributed by atoms with Crippen LogP contribution in [-0.2, 0) is 11.3 Å². The van der Waals surface area contributed by atoms with Gasteiger partial charge < -0.3 is 5.32 Å². The van der Waals surface area contributed by atoms with Crippen molar-refractivity contribution in [3.05, 3.63) is 76.6 Å². The van der Waals surface area contributed by atoms with Crippen molar-refractivity contribution in [2.75, 3.05) is 18.4 Å². The summed E-state index contributed by atoms with van der Waals surface area (Å²) in [4.78, 5) is 14.7. The van der Waals surface area contributed by atoms with E-state index in [1.807, 2.05) is 6.08 Å². The molecule has 3 rings (SSSR count). The second-order valence-electron chi connectivity index (χ2n) is 6.57. The van der Waals surface area contributed by atoms with Gasteiger partial charge in [-0.25, -0.2) is 4.39 Å². The molecule has 1 N–H and O–H groups in total. The molecular formula is C21H23FN2O. The van der Waals surface area contributed by atoms with Crippen LogP contribution in [0.4, 0.5) is 10.1 Å². The fourth-order valence-electron chi connectivity index (χ4n) is 3.08. The normalized spacial score (nSPS) is 14.9. The zero-order valence-electron chi connectivity index (χ0n) is 14.7. The molecule has 2 aromatic rings. The van der Waals surface area contributed by atoms with E-state index in [9.17, 15) is 9.18 Å². The molecule has 2 aromatic carbocycles. The zero-order valence-corrected chi connectivity index (χ0v) is 14.7. The number of amides is 1. The van der Waals surface area contributed by atoms with Crippen LogP contribution >= 0.6 is 0 Å². The Kier molecular flexibility index (Phi) is 5.29. The van der Waals surface area contributed by atoms with Gasteiger partial charge in [-0.05, 0) is 38.0 Å². The van der Waals surface area contributed by atoms with Crippen molar-refractivity contribution in [2.24, 2.45) is 0 Å². The van der Waals surface area contributed by atoms with Crippen LogP contribution in [0.5, 0.6) is 0 Å². The summed E-state index contributed by atoms with van der Waals surface area (Å²) >= 11 is 0. The summed E-state index contributed by atoms with van der Waals surface area (Å²) in [6, 6.07) is 13.2. The van der Waals surface area contributed by atoms with Gasteiger partial charge in [0.1, 0.15) is 5.82 Å². The molecule has 4 heteroatoms. The molecule has 1 heterocycles. The Morgan fingerprint density at radius 2 is 2.00 bits per heavy atom. The predicted molar refractivity (Wildman–Crippen MR) is 98.9 cm³/mol. The number of hydrogen-bond acceptors (Lipinski definition) is 2. The highest BCUT2D eigenvalue weighted by Crippen LogP contribution is 2.20. The second-order valence-corrected chi connectivity index (χ2v) is 6.57. The van der Waals surface area contributed by atoms with E-state index in [0.29, 0.717) is 17.7 Å². The van der Waals surface area contributed by atoms with E-state index in [2.05, 4.69) is 41.4 Å². The summed E-state index contributed by atoms with van der Waals surface area (Å²) in [6.45, 7) is 6.24. The lowest BCUT2D eigenvalue weighted by Gasteiger charge is -2.26. The van der Waals surface area contributed by atoms with Crippen LogP contribution < -0.4 is 5.32 Å². The first-order chi connectivity index (χ1) is 12.0. The molecule has 0 spiro atoms. The minimum Gasteiger partial charge on any atom is -0.322 e. The van der Waals surface area contributed by atoms with Crippen LogP contribution in [0.3, 0.4) is 0 Å². The fraction of sp³-hybridized carbons (Fsp3) is 0.286. The summed E-state index contributed by atoms with van der Waals surface area (Å²) < 4.78 is 13.6. The molecule has 0 aromatic heterocycles. The smallest absolute Gasteiger partial charge is 0.251 e. The van der Waals surface area contributed by atoms with Gasteiger partial charge in [0, 0.05) is 36.5 Å². The average molecular weight is 338 g/mol. The number of hydrogen-bond donors (Lipinski definition) is 1. The molecule has 0 saturated heterocycles. The van der Waals surface area contributed by atoms with Crippen molar-refractivity contribution in [3.8, 4) is 0 Å². The van der Waals surface area contributed by atoms with Crippen molar-refractivity contribution in [2.45, 2.75) is 26.8 Å². The molecule has 0 aliphatic carbocycles. The summed E-state index contributed by atoms with van der Waals surface area (Å²) in [7, 11) is 0. The number of halogens is 1. The molecule has 25 heavy (non-hydrogen) atoms. The Hall–Kier alpha value is -2.46. The first kappa shape index (κ1) is 17.4. The molecule has 0 atom stereocenters. The van der Waals surface area contributed by atoms with Gasteiger partial charge in [-0.2, -0.15) is 0 Å². The minimum absolute atomic E-state index is 0.135. The Balaban J connectivity index is 1.60. The summed E-state index contributed by atoms with van der Waals surface area (Å²) in [5.41, 5.74) is 4.32. The van der Waals surface area contributed by atoms with Gasteiger partial charge in [-0.15, -0.1) is 0 Å². The molecule has 3 nitrogen and oxygen atoms in total. The van der Waals surface area contributed by atoms with Crippen molar-refractivity contribution in [1.82, 2.24) is 4.90 Å². The van der Waals surface area contributed by atoms with Gasteiger partial charge in [-0.1, -0.05) is 42.0 Å². The van der Waals surface area contributed by atoms with Crippen LogP contribution in [-0.4, -0.2) is 23.9 Å². The van der Waals surface area contributed by atoms with E-state index in [4.69, 9.17) is 0 Å². The largest absolute Gasteiger partial charge is 0.322 e. The van der Waals surface area contributed by atoms with E-state index < -0.39 is 0 Å². The molecular weight excluding hydrogens is 315 g/mol. The maximum absolute atomic E-state index is 13.6. The van der Waals surface area contributed by atoms with Crippen molar-refractivity contribution in [1.29, 1.82) is 0 Å². The van der Waals surface area contributed by atoms with Crippen LogP contribution in [0.2, 0.25) is 0 Å². The number of anilines is 1. The average Bonchev–Trinajstić information content (AvgIpc) is 2.59. The Bertz CT molecular complexity index is 813. The molecule has 1 aliphatic heterocycles.